The molecule has 1 aliphatic heterocycles. The lowest BCUT2D eigenvalue weighted by molar-refractivity contribution is -0.132. The monoisotopic (exact) mass is 322 g/mol. The fourth-order valence-electron chi connectivity index (χ4n) is 2.85. The lowest BCUT2D eigenvalue weighted by atomic mass is 10.2. The lowest BCUT2D eigenvalue weighted by Gasteiger charge is -2.32. The number of fused-ring (bicyclic) bond motifs is 1. The van der Waals surface area contributed by atoms with Crippen LogP contribution < -0.4 is 5.32 Å². The van der Waals surface area contributed by atoms with Crippen LogP contribution in [0.1, 0.15) is 25.6 Å². The molecule has 3 rings (SSSR count). The second kappa shape index (κ2) is 7.61. The fourth-order valence-corrected chi connectivity index (χ4v) is 2.85. The van der Waals surface area contributed by atoms with Gasteiger partial charge in [0.15, 0.2) is 0 Å². The molecule has 1 aliphatic rings. The first-order valence-corrected chi connectivity index (χ1v) is 7.67. The molecule has 2 heterocycles. The third kappa shape index (κ3) is 3.99. The highest BCUT2D eigenvalue weighted by atomic mass is 35.5. The highest BCUT2D eigenvalue weighted by Gasteiger charge is 2.19. The van der Waals surface area contributed by atoms with Gasteiger partial charge in [0.2, 0.25) is 5.91 Å². The number of hydrogen-bond acceptors (Lipinski definition) is 3. The second-order valence-electron chi connectivity index (χ2n) is 5.75. The number of halogens is 1. The lowest BCUT2D eigenvalue weighted by Crippen LogP contribution is -2.51. The molecule has 1 saturated heterocycles. The number of carbonyl (C=O) groups is 1. The van der Waals surface area contributed by atoms with E-state index >= 15 is 0 Å². The van der Waals surface area contributed by atoms with Crippen LogP contribution in [0.4, 0.5) is 0 Å². The number of nitrogens with one attached hydrogen (secondary N) is 2. The summed E-state index contributed by atoms with van der Waals surface area (Å²) in [4.78, 5) is 22.0. The number of para-hydroxylation sites is 2. The molecule has 1 atom stereocenters. The van der Waals surface area contributed by atoms with E-state index in [4.69, 9.17) is 0 Å². The minimum absolute atomic E-state index is 0. The molecule has 1 amide bonds. The van der Waals surface area contributed by atoms with Gasteiger partial charge in [-0.1, -0.05) is 12.1 Å². The summed E-state index contributed by atoms with van der Waals surface area (Å²) in [7, 11) is 0. The van der Waals surface area contributed by atoms with Gasteiger partial charge in [-0.25, -0.2) is 4.98 Å². The summed E-state index contributed by atoms with van der Waals surface area (Å²) in [5.74, 6) is 1.23. The summed E-state index contributed by atoms with van der Waals surface area (Å²) in [5.41, 5.74) is 2.06. The Balaban J connectivity index is 0.00000176. The van der Waals surface area contributed by atoms with Crippen LogP contribution in [-0.4, -0.2) is 46.5 Å². The van der Waals surface area contributed by atoms with E-state index in [1.807, 2.05) is 29.2 Å². The van der Waals surface area contributed by atoms with Crippen LogP contribution in [0.25, 0.3) is 11.0 Å². The summed E-state index contributed by atoms with van der Waals surface area (Å²) in [6.07, 6.45) is 2.27. The van der Waals surface area contributed by atoms with Gasteiger partial charge >= 0.3 is 0 Å². The van der Waals surface area contributed by atoms with Crippen LogP contribution in [0.3, 0.4) is 0 Å². The van der Waals surface area contributed by atoms with Gasteiger partial charge in [0.05, 0.1) is 11.0 Å². The van der Waals surface area contributed by atoms with Crippen molar-refractivity contribution in [2.24, 2.45) is 0 Å². The minimum Gasteiger partial charge on any atom is -0.342 e. The van der Waals surface area contributed by atoms with Crippen LogP contribution in [0.15, 0.2) is 24.3 Å². The maximum Gasteiger partial charge on any atom is 0.222 e. The Labute approximate surface area is 136 Å². The fraction of sp³-hybridized carbons (Fsp3) is 0.500. The maximum atomic E-state index is 12.2. The maximum absolute atomic E-state index is 12.2. The summed E-state index contributed by atoms with van der Waals surface area (Å²) < 4.78 is 0. The average molecular weight is 323 g/mol. The number of aromatic nitrogens is 2. The molecule has 0 saturated carbocycles. The number of nitrogens with zero attached hydrogens (tertiary/aromatic N) is 2. The van der Waals surface area contributed by atoms with E-state index < -0.39 is 0 Å². The average Bonchev–Trinajstić information content (AvgIpc) is 2.89. The Morgan fingerprint density at radius 1 is 1.41 bits per heavy atom. The highest BCUT2D eigenvalue weighted by molar-refractivity contribution is 5.85. The Morgan fingerprint density at radius 2 is 2.23 bits per heavy atom. The molecule has 0 radical (unpaired) electrons. The van der Waals surface area contributed by atoms with Crippen molar-refractivity contribution in [3.05, 3.63) is 30.1 Å². The Morgan fingerprint density at radius 3 is 3.00 bits per heavy atom. The van der Waals surface area contributed by atoms with Gasteiger partial charge in [0, 0.05) is 38.5 Å². The molecule has 6 heteroatoms. The number of aryl methyl sites for hydroxylation is 1. The summed E-state index contributed by atoms with van der Waals surface area (Å²) >= 11 is 0. The number of imidazole rings is 1. The van der Waals surface area contributed by atoms with Crippen LogP contribution in [0.5, 0.6) is 0 Å². The first kappa shape index (κ1) is 16.8. The Kier molecular flexibility index (Phi) is 5.80. The Bertz CT molecular complexity index is 594. The first-order chi connectivity index (χ1) is 10.2. The number of benzene rings is 1. The molecule has 1 aromatic heterocycles. The smallest absolute Gasteiger partial charge is 0.222 e. The van der Waals surface area contributed by atoms with E-state index in [0.29, 0.717) is 12.5 Å². The third-order valence-corrected chi connectivity index (χ3v) is 3.96. The van der Waals surface area contributed by atoms with Crippen molar-refractivity contribution in [1.29, 1.82) is 0 Å². The molecule has 5 nitrogen and oxygen atoms in total. The summed E-state index contributed by atoms with van der Waals surface area (Å²) in [6, 6.07) is 8.42. The normalized spacial score (nSPS) is 18.2. The largest absolute Gasteiger partial charge is 0.342 e. The van der Waals surface area contributed by atoms with Crippen molar-refractivity contribution in [2.45, 2.75) is 32.2 Å². The molecule has 0 aliphatic carbocycles. The van der Waals surface area contributed by atoms with Crippen molar-refractivity contribution in [3.8, 4) is 0 Å². The number of hydrogen-bond donors (Lipinski definition) is 2. The van der Waals surface area contributed by atoms with Gasteiger partial charge in [-0.05, 0) is 25.5 Å². The molecule has 2 aromatic rings. The van der Waals surface area contributed by atoms with E-state index in [0.717, 1.165) is 49.3 Å². The number of carbonyl (C=O) groups excluding carboxylic acids is 1. The quantitative estimate of drug-likeness (QED) is 0.906. The molecule has 1 fully saturated rings. The first-order valence-electron chi connectivity index (χ1n) is 7.67. The molecule has 0 spiro atoms. The van der Waals surface area contributed by atoms with Crippen molar-refractivity contribution in [3.63, 3.8) is 0 Å². The summed E-state index contributed by atoms with van der Waals surface area (Å²) in [6.45, 7) is 4.67. The van der Waals surface area contributed by atoms with E-state index in [2.05, 4.69) is 22.2 Å². The van der Waals surface area contributed by atoms with Gasteiger partial charge in [0.25, 0.3) is 0 Å². The van der Waals surface area contributed by atoms with Crippen molar-refractivity contribution in [1.82, 2.24) is 20.2 Å². The summed E-state index contributed by atoms with van der Waals surface area (Å²) in [5, 5.41) is 3.35. The van der Waals surface area contributed by atoms with E-state index in [-0.39, 0.29) is 18.3 Å². The zero-order chi connectivity index (χ0) is 14.7. The van der Waals surface area contributed by atoms with Crippen LogP contribution in [-0.2, 0) is 11.2 Å². The molecule has 2 N–H and O–H groups in total. The van der Waals surface area contributed by atoms with Gasteiger partial charge in [-0.2, -0.15) is 0 Å². The van der Waals surface area contributed by atoms with E-state index in [1.54, 1.807) is 0 Å². The second-order valence-corrected chi connectivity index (χ2v) is 5.75. The molecule has 0 unspecified atom stereocenters. The van der Waals surface area contributed by atoms with Crippen molar-refractivity contribution >= 4 is 29.3 Å². The zero-order valence-electron chi connectivity index (χ0n) is 12.8. The number of H-pyrrole nitrogens is 1. The molecule has 120 valence electrons. The van der Waals surface area contributed by atoms with Crippen molar-refractivity contribution in [2.75, 3.05) is 19.6 Å². The molecule has 1 aromatic carbocycles. The van der Waals surface area contributed by atoms with E-state index in [1.165, 1.54) is 0 Å². The van der Waals surface area contributed by atoms with Crippen molar-refractivity contribution < 1.29 is 4.79 Å². The number of rotatable bonds is 4. The van der Waals surface area contributed by atoms with Gasteiger partial charge in [0.1, 0.15) is 5.82 Å². The molecular formula is C16H23ClN4O. The predicted octanol–water partition coefficient (Wildman–Crippen LogP) is 2.13. The highest BCUT2D eigenvalue weighted by Crippen LogP contribution is 2.12. The number of piperazine rings is 1. The topological polar surface area (TPSA) is 61.0 Å². The SMILES string of the molecule is C[C@@H]1CN(C(=O)CCCc2nc3ccccc3[nH]2)CCN1.Cl. The number of aromatic amines is 1. The molecule has 22 heavy (non-hydrogen) atoms. The van der Waals surface area contributed by atoms with Crippen LogP contribution in [0.2, 0.25) is 0 Å². The minimum atomic E-state index is 0. The van der Waals surface area contributed by atoms with Crippen LogP contribution in [0, 0.1) is 0 Å². The Hall–Kier alpha value is -1.59. The van der Waals surface area contributed by atoms with Gasteiger partial charge in [-0.3, -0.25) is 4.79 Å². The standard InChI is InChI=1S/C16H22N4O.ClH/c1-12-11-20(10-9-17-12)16(21)8-4-7-15-18-13-5-2-3-6-14(13)19-15;/h2-3,5-6,12,17H,4,7-11H2,1H3,(H,18,19);1H/t12-;/m1./s1. The van der Waals surface area contributed by atoms with Gasteiger partial charge < -0.3 is 15.2 Å². The molecule has 0 bridgehead atoms. The van der Waals surface area contributed by atoms with E-state index in [9.17, 15) is 4.79 Å². The van der Waals surface area contributed by atoms with Crippen LogP contribution >= 0.6 is 12.4 Å². The predicted molar refractivity (Wildman–Crippen MR) is 90.3 cm³/mol. The van der Waals surface area contributed by atoms with Gasteiger partial charge in [-0.15, -0.1) is 12.4 Å². The third-order valence-electron chi connectivity index (χ3n) is 3.96. The zero-order valence-corrected chi connectivity index (χ0v) is 13.7. The number of amides is 1. The molecular weight excluding hydrogens is 300 g/mol.